The Hall–Kier alpha value is -2.20. The fourth-order valence-electron chi connectivity index (χ4n) is 1.89. The molecule has 2 aromatic rings. The lowest BCUT2D eigenvalue weighted by atomic mass is 10.2. The van der Waals surface area contributed by atoms with Gasteiger partial charge >= 0.3 is 0 Å². The molecule has 0 heterocycles. The van der Waals surface area contributed by atoms with Crippen LogP contribution >= 0.6 is 11.6 Å². The molecule has 0 aliphatic heterocycles. The summed E-state index contributed by atoms with van der Waals surface area (Å²) in [6.45, 7) is 4.26. The van der Waals surface area contributed by atoms with Gasteiger partial charge in [0.1, 0.15) is 18.1 Å². The minimum absolute atomic E-state index is 0.0451. The molecule has 2 aromatic carbocycles. The maximum absolute atomic E-state index is 11.8. The van der Waals surface area contributed by atoms with E-state index in [0.717, 1.165) is 5.75 Å². The van der Waals surface area contributed by atoms with Crippen LogP contribution in [0.5, 0.6) is 11.5 Å². The van der Waals surface area contributed by atoms with Crippen LogP contribution in [0.15, 0.2) is 48.5 Å². The Kier molecular flexibility index (Phi) is 6.29. The molecule has 0 aromatic heterocycles. The van der Waals surface area contributed by atoms with Crippen molar-refractivity contribution in [1.29, 1.82) is 0 Å². The molecule has 5 heteroatoms. The average Bonchev–Trinajstić information content (AvgIpc) is 2.54. The Morgan fingerprint density at radius 1 is 1.04 bits per heavy atom. The van der Waals surface area contributed by atoms with Gasteiger partial charge in [-0.2, -0.15) is 0 Å². The van der Waals surface area contributed by atoms with E-state index < -0.39 is 0 Å². The Bertz CT molecular complexity index is 626. The van der Waals surface area contributed by atoms with Crippen LogP contribution in [0.2, 0.25) is 5.02 Å². The first-order valence-electron chi connectivity index (χ1n) is 7.40. The maximum Gasteiger partial charge on any atom is 0.258 e. The highest BCUT2D eigenvalue weighted by molar-refractivity contribution is 6.30. The number of carbonyl (C=O) groups excluding carboxylic acids is 1. The number of ether oxygens (including phenoxy) is 2. The van der Waals surface area contributed by atoms with E-state index in [9.17, 15) is 4.79 Å². The van der Waals surface area contributed by atoms with Crippen LogP contribution in [-0.4, -0.2) is 25.2 Å². The minimum atomic E-state index is -0.194. The number of nitrogens with one attached hydrogen (secondary N) is 1. The topological polar surface area (TPSA) is 47.6 Å². The SMILES string of the molecule is Cc1ccc(OC[C@@H](C)NC(=O)COc2ccc(Cl)cc2)cc1. The minimum Gasteiger partial charge on any atom is -0.491 e. The summed E-state index contributed by atoms with van der Waals surface area (Å²) in [7, 11) is 0. The van der Waals surface area contributed by atoms with Gasteiger partial charge in [0.05, 0.1) is 6.04 Å². The van der Waals surface area contributed by atoms with Crippen LogP contribution in [0.25, 0.3) is 0 Å². The molecule has 122 valence electrons. The van der Waals surface area contributed by atoms with Crippen LogP contribution < -0.4 is 14.8 Å². The second kappa shape index (κ2) is 8.44. The number of halogens is 1. The molecule has 1 N–H and O–H groups in total. The zero-order valence-electron chi connectivity index (χ0n) is 13.2. The normalized spacial score (nSPS) is 11.6. The third kappa shape index (κ3) is 6.20. The van der Waals surface area contributed by atoms with Gasteiger partial charge in [-0.1, -0.05) is 29.3 Å². The molecule has 0 fully saturated rings. The van der Waals surface area contributed by atoms with Gasteiger partial charge in [-0.3, -0.25) is 4.79 Å². The highest BCUT2D eigenvalue weighted by Gasteiger charge is 2.09. The summed E-state index contributed by atoms with van der Waals surface area (Å²) in [6.07, 6.45) is 0. The van der Waals surface area contributed by atoms with Gasteiger partial charge in [0.25, 0.3) is 5.91 Å². The molecule has 0 unspecified atom stereocenters. The summed E-state index contributed by atoms with van der Waals surface area (Å²) < 4.78 is 11.0. The molecular weight excluding hydrogens is 314 g/mol. The summed E-state index contributed by atoms with van der Waals surface area (Å²) in [5, 5.41) is 3.46. The van der Waals surface area contributed by atoms with E-state index >= 15 is 0 Å². The second-order valence-electron chi connectivity index (χ2n) is 5.34. The molecule has 2 rings (SSSR count). The summed E-state index contributed by atoms with van der Waals surface area (Å²) >= 11 is 5.79. The number of benzene rings is 2. The van der Waals surface area contributed by atoms with Gasteiger partial charge < -0.3 is 14.8 Å². The smallest absolute Gasteiger partial charge is 0.258 e. The number of aryl methyl sites for hydroxylation is 1. The van der Waals surface area contributed by atoms with Crippen molar-refractivity contribution in [3.05, 3.63) is 59.1 Å². The van der Waals surface area contributed by atoms with Crippen molar-refractivity contribution in [3.8, 4) is 11.5 Å². The molecule has 1 atom stereocenters. The van der Waals surface area contributed by atoms with Crippen molar-refractivity contribution < 1.29 is 14.3 Å². The van der Waals surface area contributed by atoms with Gasteiger partial charge in [0.2, 0.25) is 0 Å². The third-order valence-corrected chi connectivity index (χ3v) is 3.36. The first-order valence-corrected chi connectivity index (χ1v) is 7.78. The van der Waals surface area contributed by atoms with Crippen LogP contribution in [0.3, 0.4) is 0 Å². The van der Waals surface area contributed by atoms with Crippen LogP contribution in [-0.2, 0) is 4.79 Å². The first kappa shape index (κ1) is 17.2. The van der Waals surface area contributed by atoms with Gasteiger partial charge in [-0.25, -0.2) is 0 Å². The van der Waals surface area contributed by atoms with E-state index in [4.69, 9.17) is 21.1 Å². The Morgan fingerprint density at radius 3 is 2.26 bits per heavy atom. The van der Waals surface area contributed by atoms with E-state index in [-0.39, 0.29) is 18.6 Å². The fourth-order valence-corrected chi connectivity index (χ4v) is 2.02. The predicted molar refractivity (Wildman–Crippen MR) is 91.2 cm³/mol. The Labute approximate surface area is 141 Å². The van der Waals surface area contributed by atoms with E-state index in [0.29, 0.717) is 17.4 Å². The van der Waals surface area contributed by atoms with Crippen LogP contribution in [0.1, 0.15) is 12.5 Å². The van der Waals surface area contributed by atoms with Gasteiger partial charge in [0.15, 0.2) is 6.61 Å². The van der Waals surface area contributed by atoms with E-state index in [1.54, 1.807) is 24.3 Å². The Balaban J connectivity index is 1.69. The van der Waals surface area contributed by atoms with Crippen LogP contribution in [0.4, 0.5) is 0 Å². The number of amides is 1. The summed E-state index contributed by atoms with van der Waals surface area (Å²) in [5.74, 6) is 1.20. The second-order valence-corrected chi connectivity index (χ2v) is 5.77. The predicted octanol–water partition coefficient (Wildman–Crippen LogP) is 3.61. The monoisotopic (exact) mass is 333 g/mol. The summed E-state index contributed by atoms with van der Waals surface area (Å²) in [4.78, 5) is 11.8. The van der Waals surface area contributed by atoms with E-state index in [1.807, 2.05) is 38.1 Å². The molecule has 0 aliphatic carbocycles. The van der Waals surface area contributed by atoms with Gasteiger partial charge in [-0.15, -0.1) is 0 Å². The molecule has 1 amide bonds. The van der Waals surface area contributed by atoms with Crippen molar-refractivity contribution in [2.24, 2.45) is 0 Å². The number of rotatable bonds is 7. The van der Waals surface area contributed by atoms with Crippen molar-refractivity contribution in [2.45, 2.75) is 19.9 Å². The molecule has 0 bridgehead atoms. The van der Waals surface area contributed by atoms with Gasteiger partial charge in [0, 0.05) is 5.02 Å². The van der Waals surface area contributed by atoms with Crippen molar-refractivity contribution in [2.75, 3.05) is 13.2 Å². The lowest BCUT2D eigenvalue weighted by Gasteiger charge is -2.15. The van der Waals surface area contributed by atoms with E-state index in [2.05, 4.69) is 5.32 Å². The number of hydrogen-bond acceptors (Lipinski definition) is 3. The fraction of sp³-hybridized carbons (Fsp3) is 0.278. The van der Waals surface area contributed by atoms with Gasteiger partial charge in [-0.05, 0) is 50.2 Å². The molecule has 23 heavy (non-hydrogen) atoms. The van der Waals surface area contributed by atoms with Crippen molar-refractivity contribution in [3.63, 3.8) is 0 Å². The van der Waals surface area contributed by atoms with Crippen LogP contribution in [0, 0.1) is 6.92 Å². The molecule has 0 saturated carbocycles. The van der Waals surface area contributed by atoms with E-state index in [1.165, 1.54) is 5.56 Å². The summed E-state index contributed by atoms with van der Waals surface area (Å²) in [5.41, 5.74) is 1.18. The quantitative estimate of drug-likeness (QED) is 0.842. The highest BCUT2D eigenvalue weighted by atomic mass is 35.5. The standard InChI is InChI=1S/C18H20ClNO3/c1-13-3-7-16(8-4-13)22-11-14(2)20-18(21)12-23-17-9-5-15(19)6-10-17/h3-10,14H,11-12H2,1-2H3,(H,20,21)/t14-/m1/s1. The molecule has 0 saturated heterocycles. The Morgan fingerprint density at radius 2 is 1.61 bits per heavy atom. The molecule has 0 aliphatic rings. The molecular formula is C18H20ClNO3. The highest BCUT2D eigenvalue weighted by Crippen LogP contribution is 2.15. The molecule has 4 nitrogen and oxygen atoms in total. The number of carbonyl (C=O) groups is 1. The lowest BCUT2D eigenvalue weighted by molar-refractivity contribution is -0.123. The zero-order chi connectivity index (χ0) is 16.7. The lowest BCUT2D eigenvalue weighted by Crippen LogP contribution is -2.39. The number of hydrogen-bond donors (Lipinski definition) is 1. The maximum atomic E-state index is 11.8. The molecule has 0 radical (unpaired) electrons. The largest absolute Gasteiger partial charge is 0.491 e. The van der Waals surface area contributed by atoms with Crippen molar-refractivity contribution in [1.82, 2.24) is 5.32 Å². The summed E-state index contributed by atoms with van der Waals surface area (Å²) in [6, 6.07) is 14.6. The average molecular weight is 334 g/mol. The first-order chi connectivity index (χ1) is 11.0. The zero-order valence-corrected chi connectivity index (χ0v) is 14.0. The molecule has 0 spiro atoms. The van der Waals surface area contributed by atoms with Crippen molar-refractivity contribution >= 4 is 17.5 Å². The third-order valence-electron chi connectivity index (χ3n) is 3.11.